The van der Waals surface area contributed by atoms with Crippen molar-refractivity contribution in [3.63, 3.8) is 0 Å². The predicted octanol–water partition coefficient (Wildman–Crippen LogP) is 0.975. The van der Waals surface area contributed by atoms with E-state index in [0.717, 1.165) is 11.0 Å². The molecule has 0 spiro atoms. The monoisotopic (exact) mass is 391 g/mol. The fourth-order valence-corrected chi connectivity index (χ4v) is 2.97. The van der Waals surface area contributed by atoms with Gasteiger partial charge in [0.15, 0.2) is 12.2 Å². The number of hydrogen-bond acceptors (Lipinski definition) is 8. The molecule has 0 radical (unpaired) electrons. The first-order valence-corrected chi connectivity index (χ1v) is 8.63. The van der Waals surface area contributed by atoms with Crippen molar-refractivity contribution >= 4 is 34.6 Å². The molecule has 1 fully saturated rings. The van der Waals surface area contributed by atoms with E-state index in [9.17, 15) is 29.3 Å². The third kappa shape index (κ3) is 4.08. The molecule has 3 rings (SSSR count). The Bertz CT molecular complexity index is 1010. The Balaban J connectivity index is 1.52. The molecule has 2 heterocycles. The van der Waals surface area contributed by atoms with Crippen LogP contribution in [0.5, 0.6) is 0 Å². The van der Waals surface area contributed by atoms with Gasteiger partial charge >= 0.3 is 11.7 Å². The van der Waals surface area contributed by atoms with E-state index in [1.54, 1.807) is 0 Å². The van der Waals surface area contributed by atoms with E-state index >= 15 is 0 Å². The van der Waals surface area contributed by atoms with Gasteiger partial charge in [-0.25, -0.2) is 4.79 Å². The van der Waals surface area contributed by atoms with Crippen LogP contribution < -0.4 is 5.76 Å². The highest BCUT2D eigenvalue weighted by Crippen LogP contribution is 2.20. The number of carbonyl (C=O) groups is 3. The largest absolute Gasteiger partial charge is 0.456 e. The lowest BCUT2D eigenvalue weighted by Gasteiger charge is -2.13. The number of hydrogen-bond donors (Lipinski definition) is 0. The van der Waals surface area contributed by atoms with Crippen LogP contribution in [0.15, 0.2) is 27.4 Å². The van der Waals surface area contributed by atoms with E-state index in [2.05, 4.69) is 0 Å². The number of nitro groups is 1. The van der Waals surface area contributed by atoms with Gasteiger partial charge in [0.25, 0.3) is 11.6 Å². The molecule has 2 amide bonds. The van der Waals surface area contributed by atoms with E-state index < -0.39 is 29.2 Å². The summed E-state index contributed by atoms with van der Waals surface area (Å²) in [6.07, 6.45) is 1.11. The SMILES string of the molecule is O=C(CCCn1c(=O)oc2cc([N+](=O)[O-])ccc21)OCC(=O)N1CCCC1=O. The third-order valence-corrected chi connectivity index (χ3v) is 4.36. The quantitative estimate of drug-likeness (QED) is 0.386. The number of benzene rings is 1. The number of fused-ring (bicyclic) bond motifs is 1. The number of amides is 2. The van der Waals surface area contributed by atoms with E-state index in [0.29, 0.717) is 24.9 Å². The molecule has 1 aliphatic heterocycles. The van der Waals surface area contributed by atoms with Gasteiger partial charge in [0.1, 0.15) is 0 Å². The fraction of sp³-hybridized carbons (Fsp3) is 0.412. The minimum atomic E-state index is -0.688. The lowest BCUT2D eigenvalue weighted by atomic mass is 10.2. The average molecular weight is 391 g/mol. The number of aromatic nitrogens is 1. The van der Waals surface area contributed by atoms with Crippen LogP contribution in [-0.2, 0) is 25.7 Å². The third-order valence-electron chi connectivity index (χ3n) is 4.36. The summed E-state index contributed by atoms with van der Waals surface area (Å²) >= 11 is 0. The lowest BCUT2D eigenvalue weighted by molar-refractivity contribution is -0.384. The second kappa shape index (κ2) is 8.03. The molecular weight excluding hydrogens is 374 g/mol. The number of likely N-dealkylation sites (tertiary alicyclic amines) is 1. The van der Waals surface area contributed by atoms with E-state index in [1.807, 2.05) is 0 Å². The molecule has 2 aromatic rings. The van der Waals surface area contributed by atoms with E-state index in [-0.39, 0.29) is 36.6 Å². The first kappa shape index (κ1) is 19.3. The zero-order valence-electron chi connectivity index (χ0n) is 14.8. The van der Waals surface area contributed by atoms with Crippen LogP contribution >= 0.6 is 0 Å². The zero-order valence-corrected chi connectivity index (χ0v) is 14.8. The molecule has 28 heavy (non-hydrogen) atoms. The van der Waals surface area contributed by atoms with Crippen LogP contribution in [0.4, 0.5) is 5.69 Å². The number of rotatable bonds is 7. The highest BCUT2D eigenvalue weighted by molar-refractivity contribution is 5.97. The topological polar surface area (TPSA) is 142 Å². The van der Waals surface area contributed by atoms with Crippen LogP contribution in [0.3, 0.4) is 0 Å². The minimum Gasteiger partial charge on any atom is -0.456 e. The number of aryl methyl sites for hydroxylation is 1. The number of esters is 1. The molecule has 1 aromatic carbocycles. The number of ether oxygens (including phenoxy) is 1. The normalized spacial score (nSPS) is 13.9. The van der Waals surface area contributed by atoms with Crippen molar-refractivity contribution < 1.29 is 28.5 Å². The number of nitro benzene ring substituents is 1. The number of nitrogens with zero attached hydrogens (tertiary/aromatic N) is 3. The number of carbonyl (C=O) groups excluding carboxylic acids is 3. The summed E-state index contributed by atoms with van der Waals surface area (Å²) in [5, 5.41) is 10.8. The summed E-state index contributed by atoms with van der Waals surface area (Å²) in [4.78, 5) is 58.2. The summed E-state index contributed by atoms with van der Waals surface area (Å²) in [6.45, 7) is -0.0238. The molecule has 11 heteroatoms. The summed E-state index contributed by atoms with van der Waals surface area (Å²) in [5.74, 6) is -2.13. The van der Waals surface area contributed by atoms with Gasteiger partial charge in [-0.1, -0.05) is 0 Å². The van der Waals surface area contributed by atoms with Crippen molar-refractivity contribution in [2.45, 2.75) is 32.2 Å². The van der Waals surface area contributed by atoms with Gasteiger partial charge in [0, 0.05) is 32.0 Å². The Hall–Kier alpha value is -3.50. The minimum absolute atomic E-state index is 0.0483. The highest BCUT2D eigenvalue weighted by atomic mass is 16.6. The van der Waals surface area contributed by atoms with Crippen LogP contribution in [0.2, 0.25) is 0 Å². The predicted molar refractivity (Wildman–Crippen MR) is 93.3 cm³/mol. The second-order valence-corrected chi connectivity index (χ2v) is 6.24. The summed E-state index contributed by atoms with van der Waals surface area (Å²) in [5.41, 5.74) is 0.271. The maximum absolute atomic E-state index is 11.9. The molecule has 1 saturated heterocycles. The van der Waals surface area contributed by atoms with Crippen molar-refractivity contribution in [2.24, 2.45) is 0 Å². The molecule has 0 N–H and O–H groups in total. The smallest absolute Gasteiger partial charge is 0.419 e. The Morgan fingerprint density at radius 1 is 1.29 bits per heavy atom. The van der Waals surface area contributed by atoms with Gasteiger partial charge in [-0.3, -0.25) is 34.0 Å². The molecule has 1 aromatic heterocycles. The Morgan fingerprint density at radius 3 is 2.75 bits per heavy atom. The molecule has 1 aliphatic rings. The fourth-order valence-electron chi connectivity index (χ4n) is 2.97. The van der Waals surface area contributed by atoms with Gasteiger partial charge in [-0.05, 0) is 18.9 Å². The van der Waals surface area contributed by atoms with Gasteiger partial charge in [0.2, 0.25) is 5.91 Å². The average Bonchev–Trinajstić information content (AvgIpc) is 3.22. The molecule has 0 aliphatic carbocycles. The summed E-state index contributed by atoms with van der Waals surface area (Å²) in [6, 6.07) is 3.82. The molecule has 0 atom stereocenters. The lowest BCUT2D eigenvalue weighted by Crippen LogP contribution is -2.35. The van der Waals surface area contributed by atoms with Gasteiger partial charge < -0.3 is 9.15 Å². The van der Waals surface area contributed by atoms with Crippen molar-refractivity contribution in [2.75, 3.05) is 13.2 Å². The molecule has 0 saturated carbocycles. The molecule has 11 nitrogen and oxygen atoms in total. The number of non-ortho nitro benzene ring substituents is 1. The van der Waals surface area contributed by atoms with Gasteiger partial charge in [0.05, 0.1) is 16.5 Å². The van der Waals surface area contributed by atoms with Crippen LogP contribution in [0.25, 0.3) is 11.1 Å². The van der Waals surface area contributed by atoms with Gasteiger partial charge in [-0.2, -0.15) is 0 Å². The van der Waals surface area contributed by atoms with Crippen LogP contribution in [0, 0.1) is 10.1 Å². The maximum atomic E-state index is 11.9. The molecule has 0 unspecified atom stereocenters. The van der Waals surface area contributed by atoms with Crippen molar-refractivity contribution in [1.82, 2.24) is 9.47 Å². The Labute approximate surface area is 157 Å². The van der Waals surface area contributed by atoms with Crippen molar-refractivity contribution in [1.29, 1.82) is 0 Å². The standard InChI is InChI=1S/C17H17N3O8/c21-14-3-1-8-19(14)15(22)10-27-16(23)4-2-7-18-12-6-5-11(20(25)26)9-13(12)28-17(18)24/h5-6,9H,1-4,7-8,10H2. The first-order chi connectivity index (χ1) is 13.4. The van der Waals surface area contributed by atoms with E-state index in [4.69, 9.17) is 9.15 Å². The summed E-state index contributed by atoms with van der Waals surface area (Å²) in [7, 11) is 0. The highest BCUT2D eigenvalue weighted by Gasteiger charge is 2.26. The Morgan fingerprint density at radius 2 is 2.07 bits per heavy atom. The van der Waals surface area contributed by atoms with E-state index in [1.165, 1.54) is 16.7 Å². The molecule has 0 bridgehead atoms. The molecule has 148 valence electrons. The number of oxazole rings is 1. The molecular formula is C17H17N3O8. The number of imide groups is 1. The van der Waals surface area contributed by atoms with Gasteiger partial charge in [-0.15, -0.1) is 0 Å². The second-order valence-electron chi connectivity index (χ2n) is 6.24. The van der Waals surface area contributed by atoms with Crippen LogP contribution in [0.1, 0.15) is 25.7 Å². The van der Waals surface area contributed by atoms with Crippen molar-refractivity contribution in [3.05, 3.63) is 38.9 Å². The maximum Gasteiger partial charge on any atom is 0.419 e. The Kier molecular flexibility index (Phi) is 5.52. The first-order valence-electron chi connectivity index (χ1n) is 8.63. The summed E-state index contributed by atoms with van der Waals surface area (Å²) < 4.78 is 11.1. The zero-order chi connectivity index (χ0) is 20.3. The van der Waals surface area contributed by atoms with Crippen LogP contribution in [-0.4, -0.2) is 45.3 Å². The van der Waals surface area contributed by atoms with Crippen molar-refractivity contribution in [3.8, 4) is 0 Å².